The molecule has 4 N–H and O–H groups in total. The van der Waals surface area contributed by atoms with Crippen LogP contribution in [0.15, 0.2) is 73.1 Å². The third-order valence-electron chi connectivity index (χ3n) is 5.88. The Hall–Kier alpha value is -5.04. The highest BCUT2D eigenvalue weighted by molar-refractivity contribution is 6.45. The minimum atomic E-state index is -0.750. The molecule has 0 unspecified atom stereocenters. The number of carbonyl (C=O) groups excluding carboxylic acids is 2. The average molecular weight is 532 g/mol. The maximum absolute atomic E-state index is 13.4. The number of amidine groups is 1. The second kappa shape index (κ2) is 13.0. The van der Waals surface area contributed by atoms with Crippen molar-refractivity contribution in [3.63, 3.8) is 0 Å². The molecule has 2 aromatic rings. The van der Waals surface area contributed by atoms with E-state index in [1.807, 2.05) is 0 Å². The number of pyridine rings is 1. The molecule has 0 radical (unpaired) electrons. The summed E-state index contributed by atoms with van der Waals surface area (Å²) in [6.07, 6.45) is 7.54. The molecule has 0 bridgehead atoms. The molecule has 2 aromatic heterocycles. The van der Waals surface area contributed by atoms with E-state index in [1.54, 1.807) is 19.2 Å². The largest absolute Gasteiger partial charge is 0.494 e. The highest BCUT2D eigenvalue weighted by atomic mass is 16.5. The number of carbonyl (C=O) groups is 2. The Labute approximate surface area is 224 Å². The first kappa shape index (κ1) is 28.5. The highest BCUT2D eigenvalue weighted by Crippen LogP contribution is 2.34. The molecule has 202 valence electrons. The predicted octanol–water partition coefficient (Wildman–Crippen LogP) is 1.79. The predicted molar refractivity (Wildman–Crippen MR) is 153 cm³/mol. The fourth-order valence-electron chi connectivity index (χ4n) is 4.04. The van der Waals surface area contributed by atoms with Crippen molar-refractivity contribution < 1.29 is 19.4 Å². The number of ether oxygens (including phenoxy) is 1. The molecule has 0 spiro atoms. The summed E-state index contributed by atoms with van der Waals surface area (Å²) in [7, 11) is 3.05. The van der Waals surface area contributed by atoms with Crippen molar-refractivity contribution in [3.05, 3.63) is 53.7 Å². The van der Waals surface area contributed by atoms with Gasteiger partial charge >= 0.3 is 0 Å². The van der Waals surface area contributed by atoms with Gasteiger partial charge in [-0.3, -0.25) is 24.6 Å². The smallest absolute Gasteiger partial charge is 0.295 e. The number of allylic oxidation sites excluding steroid dienone is 3. The molecule has 1 aliphatic rings. The Bertz CT molecular complexity index is 1480. The Morgan fingerprint density at radius 2 is 2.13 bits per heavy atom. The Balaban J connectivity index is 1.95. The maximum atomic E-state index is 13.4. The Morgan fingerprint density at radius 1 is 1.36 bits per heavy atom. The molecular weight excluding hydrogens is 502 g/mol. The van der Waals surface area contributed by atoms with Crippen LogP contribution in [0.25, 0.3) is 10.9 Å². The molecule has 0 saturated heterocycles. The first-order valence-corrected chi connectivity index (χ1v) is 11.6. The van der Waals surface area contributed by atoms with E-state index in [4.69, 9.17) is 15.6 Å². The van der Waals surface area contributed by atoms with Gasteiger partial charge in [0.05, 0.1) is 53.4 Å². The summed E-state index contributed by atoms with van der Waals surface area (Å²) in [5.41, 5.74) is 8.27. The number of aromatic nitrogens is 2. The molecule has 0 saturated carbocycles. The molecule has 39 heavy (non-hydrogen) atoms. The molecule has 0 aliphatic carbocycles. The van der Waals surface area contributed by atoms with E-state index in [-0.39, 0.29) is 36.1 Å². The van der Waals surface area contributed by atoms with Gasteiger partial charge in [-0.05, 0) is 25.9 Å². The van der Waals surface area contributed by atoms with Crippen LogP contribution in [0.1, 0.15) is 16.8 Å². The van der Waals surface area contributed by atoms with Crippen molar-refractivity contribution >= 4 is 59.7 Å². The van der Waals surface area contributed by atoms with Crippen LogP contribution in [0.4, 0.5) is 5.82 Å². The number of Topliss-reactive ketones (excluding diaryl/α,β-unsaturated/α-hetero) is 1. The lowest BCUT2D eigenvalue weighted by Crippen LogP contribution is -2.41. The van der Waals surface area contributed by atoms with Crippen LogP contribution in [0.2, 0.25) is 0 Å². The number of hydrogen-bond donors (Lipinski definition) is 3. The summed E-state index contributed by atoms with van der Waals surface area (Å²) in [5.74, 6) is -1.05. The molecule has 0 atom stereocenters. The Morgan fingerprint density at radius 3 is 2.74 bits per heavy atom. The van der Waals surface area contributed by atoms with Gasteiger partial charge in [-0.25, -0.2) is 15.0 Å². The second-order valence-corrected chi connectivity index (χ2v) is 8.03. The van der Waals surface area contributed by atoms with Crippen LogP contribution < -0.4 is 10.5 Å². The minimum absolute atomic E-state index is 0.0328. The van der Waals surface area contributed by atoms with Gasteiger partial charge in [0.25, 0.3) is 11.7 Å². The summed E-state index contributed by atoms with van der Waals surface area (Å²) in [4.78, 5) is 55.7. The van der Waals surface area contributed by atoms with Gasteiger partial charge in [0.2, 0.25) is 0 Å². The second-order valence-electron chi connectivity index (χ2n) is 8.03. The molecule has 1 aliphatic heterocycles. The lowest BCUT2D eigenvalue weighted by Gasteiger charge is -2.29. The number of aliphatic hydroxyl groups excluding tert-OH is 1. The summed E-state index contributed by atoms with van der Waals surface area (Å²) >= 11 is 0. The summed E-state index contributed by atoms with van der Waals surface area (Å²) < 4.78 is 5.39. The topological polar surface area (TPSA) is 183 Å². The summed E-state index contributed by atoms with van der Waals surface area (Å²) in [6.45, 7) is 10.8. The number of aromatic amines is 1. The molecule has 3 rings (SSSR count). The monoisotopic (exact) mass is 531 g/mol. The zero-order chi connectivity index (χ0) is 28.5. The fraction of sp³-hybridized carbons (Fsp3) is 0.231. The number of nitrogens with one attached hydrogen (secondary N) is 1. The van der Waals surface area contributed by atoms with E-state index in [2.05, 4.69) is 54.9 Å². The number of ketones is 1. The maximum Gasteiger partial charge on any atom is 0.295 e. The molecule has 1 amide bonds. The molecule has 0 aromatic carbocycles. The van der Waals surface area contributed by atoms with Crippen LogP contribution in [0.3, 0.4) is 0 Å². The third-order valence-corrected chi connectivity index (χ3v) is 5.88. The van der Waals surface area contributed by atoms with Gasteiger partial charge in [-0.2, -0.15) is 0 Å². The fourth-order valence-corrected chi connectivity index (χ4v) is 4.04. The van der Waals surface area contributed by atoms with Crippen LogP contribution in [0, 0.1) is 0 Å². The van der Waals surface area contributed by atoms with Gasteiger partial charge in [-0.1, -0.05) is 12.7 Å². The normalized spacial score (nSPS) is 15.2. The molecule has 13 nitrogen and oxygen atoms in total. The van der Waals surface area contributed by atoms with Crippen molar-refractivity contribution in [2.45, 2.75) is 6.42 Å². The number of nitrogens with zero attached hydrogens (tertiary/aromatic N) is 7. The average Bonchev–Trinajstić information content (AvgIpc) is 3.42. The van der Waals surface area contributed by atoms with Crippen LogP contribution in [-0.2, 0) is 4.79 Å². The van der Waals surface area contributed by atoms with E-state index in [0.29, 0.717) is 34.4 Å². The zero-order valence-corrected chi connectivity index (χ0v) is 21.7. The quantitative estimate of drug-likeness (QED) is 0.130. The lowest BCUT2D eigenvalue weighted by molar-refractivity contribution is -0.126. The number of aliphatic imine (C=N–C) groups is 5. The Kier molecular flexibility index (Phi) is 9.48. The van der Waals surface area contributed by atoms with E-state index in [1.165, 1.54) is 24.4 Å². The van der Waals surface area contributed by atoms with Crippen LogP contribution >= 0.6 is 0 Å². The molecule has 13 heteroatoms. The van der Waals surface area contributed by atoms with Crippen molar-refractivity contribution in [1.29, 1.82) is 0 Å². The van der Waals surface area contributed by atoms with Crippen molar-refractivity contribution in [1.82, 2.24) is 14.9 Å². The minimum Gasteiger partial charge on any atom is -0.494 e. The van der Waals surface area contributed by atoms with Crippen LogP contribution in [0.5, 0.6) is 5.75 Å². The van der Waals surface area contributed by atoms with Gasteiger partial charge in [-0.15, -0.1) is 0 Å². The molecule has 3 heterocycles. The highest BCUT2D eigenvalue weighted by Gasteiger charge is 2.32. The van der Waals surface area contributed by atoms with Crippen molar-refractivity contribution in [3.8, 4) is 5.75 Å². The van der Waals surface area contributed by atoms with E-state index in [0.717, 1.165) is 11.9 Å². The lowest BCUT2D eigenvalue weighted by atomic mass is 9.97. The van der Waals surface area contributed by atoms with Crippen molar-refractivity contribution in [2.24, 2.45) is 30.7 Å². The first-order chi connectivity index (χ1) is 18.8. The SMILES string of the molecule is C=C/C=C(\N=C)C(=NC)C1=C(N=C)CN(C(=O)C(=O)c2c[nH]c3c(N=CN=C(N)CO)ncc(OC)c23)CC1. The number of H-pyrrole nitrogens is 1. The number of amides is 1. The molecular formula is C26H29N9O4. The first-order valence-electron chi connectivity index (χ1n) is 11.6. The number of fused-ring (bicyclic) bond motifs is 1. The van der Waals surface area contributed by atoms with Crippen LogP contribution in [-0.4, -0.2) is 96.8 Å². The van der Waals surface area contributed by atoms with E-state index < -0.39 is 18.3 Å². The number of nitrogens with two attached hydrogens (primary N) is 1. The van der Waals surface area contributed by atoms with Gasteiger partial charge in [0, 0.05) is 25.4 Å². The van der Waals surface area contributed by atoms with Crippen molar-refractivity contribution in [2.75, 3.05) is 33.9 Å². The molecule has 0 fully saturated rings. The number of hydrogen-bond acceptors (Lipinski definition) is 9. The number of rotatable bonds is 11. The zero-order valence-electron chi connectivity index (χ0n) is 21.7. The number of aliphatic hydroxyl groups is 1. The standard InChI is InChI=1S/C26H29N9O4/c1-6-7-17(28-2)22(30-4)15-8-9-35(12-18(15)29-3)26(38)24(37)16-10-31-23-21(16)19(39-5)11-32-25(23)34-14-33-20(27)13-36/h6-7,10-11,14,31,36H,1-3,8-9,12-13H2,4-5H3,(H2,27,32,33,34)/b17-7-,30-22?. The summed E-state index contributed by atoms with van der Waals surface area (Å²) in [5, 5.41) is 9.32. The summed E-state index contributed by atoms with van der Waals surface area (Å²) in [6, 6.07) is 0. The van der Waals surface area contributed by atoms with Gasteiger partial charge < -0.3 is 25.5 Å². The van der Waals surface area contributed by atoms with E-state index in [9.17, 15) is 9.59 Å². The van der Waals surface area contributed by atoms with Gasteiger partial charge in [0.15, 0.2) is 5.82 Å². The third kappa shape index (κ3) is 5.93. The number of methoxy groups -OCH3 is 1. The van der Waals surface area contributed by atoms with Gasteiger partial charge in [0.1, 0.15) is 24.5 Å². The van der Waals surface area contributed by atoms with E-state index >= 15 is 0 Å².